The molecule has 0 aliphatic carbocycles. The summed E-state index contributed by atoms with van der Waals surface area (Å²) >= 11 is 0. The maximum Gasteiger partial charge on any atom is 0.337 e. The van der Waals surface area contributed by atoms with Crippen molar-refractivity contribution >= 4 is 14.0 Å². The van der Waals surface area contributed by atoms with Crippen LogP contribution in [0.15, 0.2) is 17.1 Å². The highest BCUT2D eigenvalue weighted by Crippen LogP contribution is 2.36. The van der Waals surface area contributed by atoms with E-state index in [1.54, 1.807) is 0 Å². The molecule has 1 aromatic heterocycles. The van der Waals surface area contributed by atoms with Gasteiger partial charge in [0, 0.05) is 12.7 Å². The van der Waals surface area contributed by atoms with E-state index in [-0.39, 0.29) is 18.2 Å². The molecule has 0 radical (unpaired) electrons. The highest BCUT2D eigenvalue weighted by molar-refractivity contribution is 6.74. The van der Waals surface area contributed by atoms with Crippen molar-refractivity contribution in [1.82, 2.24) is 4.57 Å². The predicted octanol–water partition coefficient (Wildman–Crippen LogP) is 2.92. The number of hydrogen-bond donors (Lipinski definition) is 0. The number of nitro groups is 1. The third-order valence-corrected chi connectivity index (χ3v) is 8.37. The van der Waals surface area contributed by atoms with E-state index in [1.807, 2.05) is 0 Å². The lowest BCUT2D eigenvalue weighted by Crippen LogP contribution is -2.41. The number of nitrogens with zero attached hydrogens (tertiary/aromatic N) is 2. The molecule has 0 aromatic carbocycles. The molecule has 0 saturated heterocycles. The van der Waals surface area contributed by atoms with Crippen LogP contribution < -0.4 is 5.56 Å². The topological polar surface area (TPSA) is 74.4 Å². The van der Waals surface area contributed by atoms with E-state index in [0.29, 0.717) is 6.07 Å². The molecule has 6 nitrogen and oxygen atoms in total. The lowest BCUT2D eigenvalue weighted by atomic mass is 10.2. The average Bonchev–Trinajstić information content (AvgIpc) is 2.31. The van der Waals surface area contributed by atoms with Crippen LogP contribution in [-0.4, -0.2) is 24.4 Å². The quantitative estimate of drug-likeness (QED) is 0.475. The predicted molar refractivity (Wildman–Crippen MR) is 80.5 cm³/mol. The Morgan fingerprint density at radius 1 is 1.43 bits per heavy atom. The van der Waals surface area contributed by atoms with E-state index >= 15 is 0 Å². The first-order valence-electron chi connectivity index (χ1n) is 6.64. The third-order valence-electron chi connectivity index (χ3n) is 3.83. The second kappa shape index (κ2) is 6.06. The van der Waals surface area contributed by atoms with Crippen LogP contribution in [0.1, 0.15) is 20.8 Å². The summed E-state index contributed by atoms with van der Waals surface area (Å²) in [6, 6.07) is 0.632. The van der Waals surface area contributed by atoms with E-state index in [0.717, 1.165) is 10.8 Å². The van der Waals surface area contributed by atoms with Crippen molar-refractivity contribution in [2.24, 2.45) is 0 Å². The van der Waals surface area contributed by atoms with Crippen LogP contribution in [0.25, 0.3) is 0 Å². The molecule has 1 rings (SSSR count). The molecule has 1 heterocycles. The van der Waals surface area contributed by atoms with Crippen molar-refractivity contribution in [3.05, 3.63) is 38.5 Å². The summed E-state index contributed by atoms with van der Waals surface area (Å²) in [5.41, 5.74) is -1.58. The van der Waals surface area contributed by atoms with E-state index in [1.165, 1.54) is 0 Å². The molecule has 0 spiro atoms. The number of rotatable bonds is 5. The largest absolute Gasteiger partial charge is 0.415 e. The smallest absolute Gasteiger partial charge is 0.337 e. The fourth-order valence-corrected chi connectivity index (χ4v) is 2.53. The number of hydrogen-bond acceptors (Lipinski definition) is 4. The van der Waals surface area contributed by atoms with E-state index < -0.39 is 30.3 Å². The van der Waals surface area contributed by atoms with Gasteiger partial charge in [-0.15, -0.1) is 0 Å². The molecule has 0 aliphatic rings. The third kappa shape index (κ3) is 4.21. The molecule has 0 saturated carbocycles. The Morgan fingerprint density at radius 3 is 2.48 bits per heavy atom. The Balaban J connectivity index is 2.87. The minimum atomic E-state index is -1.97. The van der Waals surface area contributed by atoms with Crippen LogP contribution in [0.5, 0.6) is 0 Å². The Kier molecular flexibility index (Phi) is 5.06. The molecule has 0 bridgehead atoms. The maximum atomic E-state index is 13.3. The Bertz CT molecular complexity index is 593. The first-order valence-corrected chi connectivity index (χ1v) is 9.55. The van der Waals surface area contributed by atoms with E-state index in [2.05, 4.69) is 33.9 Å². The van der Waals surface area contributed by atoms with Crippen LogP contribution in [0.3, 0.4) is 0 Å². The Morgan fingerprint density at radius 2 is 2.00 bits per heavy atom. The average molecular weight is 316 g/mol. The molecule has 118 valence electrons. The molecule has 0 N–H and O–H groups in total. The van der Waals surface area contributed by atoms with Gasteiger partial charge in [-0.05, 0) is 18.1 Å². The highest BCUT2D eigenvalue weighted by atomic mass is 28.4. The second-order valence-corrected chi connectivity index (χ2v) is 11.2. The monoisotopic (exact) mass is 316 g/mol. The molecule has 0 fully saturated rings. The number of halogens is 1. The first kappa shape index (κ1) is 17.5. The zero-order valence-corrected chi connectivity index (χ0v) is 14.0. The van der Waals surface area contributed by atoms with Gasteiger partial charge in [-0.3, -0.25) is 14.9 Å². The van der Waals surface area contributed by atoms with Gasteiger partial charge in [0.2, 0.25) is 0 Å². The molecule has 0 unspecified atom stereocenters. The van der Waals surface area contributed by atoms with Gasteiger partial charge in [0.1, 0.15) is 5.82 Å². The summed E-state index contributed by atoms with van der Waals surface area (Å²) in [4.78, 5) is 21.6. The lowest BCUT2D eigenvalue weighted by Gasteiger charge is -2.36. The molecular weight excluding hydrogens is 295 g/mol. The first-order chi connectivity index (χ1) is 9.45. The van der Waals surface area contributed by atoms with Crippen LogP contribution in [-0.2, 0) is 11.0 Å². The van der Waals surface area contributed by atoms with Crippen molar-refractivity contribution in [2.45, 2.75) is 45.4 Å². The molecule has 1 aromatic rings. The van der Waals surface area contributed by atoms with Gasteiger partial charge in [-0.25, -0.2) is 4.39 Å². The molecule has 8 heteroatoms. The van der Waals surface area contributed by atoms with Crippen LogP contribution in [0, 0.1) is 15.9 Å². The van der Waals surface area contributed by atoms with Gasteiger partial charge in [0.25, 0.3) is 0 Å². The van der Waals surface area contributed by atoms with Gasteiger partial charge in [0.15, 0.2) is 8.32 Å². The lowest BCUT2D eigenvalue weighted by molar-refractivity contribution is -0.386. The van der Waals surface area contributed by atoms with E-state index in [4.69, 9.17) is 4.43 Å². The summed E-state index contributed by atoms with van der Waals surface area (Å²) in [5.74, 6) is -0.811. The van der Waals surface area contributed by atoms with Gasteiger partial charge >= 0.3 is 11.2 Å². The van der Waals surface area contributed by atoms with E-state index in [9.17, 15) is 19.3 Å². The highest BCUT2D eigenvalue weighted by Gasteiger charge is 2.36. The van der Waals surface area contributed by atoms with Crippen molar-refractivity contribution in [1.29, 1.82) is 0 Å². The zero-order valence-electron chi connectivity index (χ0n) is 13.0. The molecule has 0 atom stereocenters. The van der Waals surface area contributed by atoms with Crippen molar-refractivity contribution in [3.8, 4) is 0 Å². The van der Waals surface area contributed by atoms with Gasteiger partial charge < -0.3 is 8.99 Å². The van der Waals surface area contributed by atoms with Crippen molar-refractivity contribution in [2.75, 3.05) is 6.61 Å². The summed E-state index contributed by atoms with van der Waals surface area (Å²) in [6.07, 6.45) is 0.963. The minimum absolute atomic E-state index is 0.0197. The normalized spacial score (nSPS) is 12.5. The number of pyridine rings is 1. The fraction of sp³-hybridized carbons (Fsp3) is 0.615. The van der Waals surface area contributed by atoms with Gasteiger partial charge in [-0.2, -0.15) is 0 Å². The molecule has 0 amide bonds. The summed E-state index contributed by atoms with van der Waals surface area (Å²) in [6.45, 7) is 10.7. The maximum absolute atomic E-state index is 13.3. The second-order valence-electron chi connectivity index (χ2n) is 6.41. The summed E-state index contributed by atoms with van der Waals surface area (Å²) in [7, 11) is -1.97. The summed E-state index contributed by atoms with van der Waals surface area (Å²) in [5, 5.41) is 10.7. The fourth-order valence-electron chi connectivity index (χ4n) is 1.50. The zero-order chi connectivity index (χ0) is 16.4. The minimum Gasteiger partial charge on any atom is -0.415 e. The van der Waals surface area contributed by atoms with Gasteiger partial charge in [-0.1, -0.05) is 20.8 Å². The van der Waals surface area contributed by atoms with Crippen LogP contribution >= 0.6 is 0 Å². The SMILES string of the molecule is CC(C)(C)[Si](C)(C)OCCn1cc(F)cc([N+](=O)[O-])c1=O. The Labute approximate surface area is 123 Å². The van der Waals surface area contributed by atoms with Crippen molar-refractivity contribution in [3.63, 3.8) is 0 Å². The van der Waals surface area contributed by atoms with Crippen LogP contribution in [0.4, 0.5) is 10.1 Å². The van der Waals surface area contributed by atoms with Crippen molar-refractivity contribution < 1.29 is 13.7 Å². The molecular formula is C13H21FN2O4Si. The molecule has 0 aliphatic heterocycles. The Hall–Kier alpha value is -1.54. The molecule has 21 heavy (non-hydrogen) atoms. The summed E-state index contributed by atoms with van der Waals surface area (Å²) < 4.78 is 20.2. The van der Waals surface area contributed by atoms with Gasteiger partial charge in [0.05, 0.1) is 17.6 Å². The van der Waals surface area contributed by atoms with Crippen LogP contribution in [0.2, 0.25) is 18.1 Å². The standard InChI is InChI=1S/C13H21FN2O4Si/c1-13(2,3)21(4,5)20-7-6-15-9-10(14)8-11(12(15)17)16(18)19/h8-9H,6-7H2,1-5H3. The number of aromatic nitrogens is 1.